The number of amides is 2. The quantitative estimate of drug-likeness (QED) is 0.667. The number of nitrogens with one attached hydrogen (secondary N) is 1. The Bertz CT molecular complexity index is 1070. The Kier molecular flexibility index (Phi) is 6.25. The van der Waals surface area contributed by atoms with Gasteiger partial charge in [-0.25, -0.2) is 4.98 Å². The van der Waals surface area contributed by atoms with E-state index in [-0.39, 0.29) is 17.4 Å². The number of nitriles is 1. The van der Waals surface area contributed by atoms with Gasteiger partial charge in [-0.15, -0.1) is 0 Å². The molecule has 0 spiro atoms. The van der Waals surface area contributed by atoms with Crippen molar-refractivity contribution in [1.29, 1.82) is 5.26 Å². The third-order valence-corrected chi connectivity index (χ3v) is 4.48. The summed E-state index contributed by atoms with van der Waals surface area (Å²) in [6.45, 7) is 5.31. The lowest BCUT2D eigenvalue weighted by Gasteiger charge is -2.20. The number of anilines is 1. The number of aromatic nitrogens is 2. The molecule has 0 radical (unpaired) electrons. The van der Waals surface area contributed by atoms with Crippen LogP contribution in [0.1, 0.15) is 53.4 Å². The van der Waals surface area contributed by atoms with Crippen molar-refractivity contribution in [2.75, 3.05) is 18.4 Å². The fourth-order valence-electron chi connectivity index (χ4n) is 3.21. The second-order valence-electron chi connectivity index (χ2n) is 6.68. The molecular formula is C22H23N5O2. The predicted molar refractivity (Wildman–Crippen MR) is 111 cm³/mol. The summed E-state index contributed by atoms with van der Waals surface area (Å²) in [7, 11) is 0. The Morgan fingerprint density at radius 1 is 1.14 bits per heavy atom. The number of hydrogen-bond acceptors (Lipinski definition) is 4. The minimum Gasteiger partial charge on any atom is -0.336 e. The Morgan fingerprint density at radius 2 is 1.90 bits per heavy atom. The van der Waals surface area contributed by atoms with Gasteiger partial charge in [0.15, 0.2) is 5.69 Å². The van der Waals surface area contributed by atoms with Crippen LogP contribution in [0.2, 0.25) is 0 Å². The molecule has 0 bridgehead atoms. The highest BCUT2D eigenvalue weighted by molar-refractivity contribution is 6.09. The fourth-order valence-corrected chi connectivity index (χ4v) is 3.21. The second-order valence-corrected chi connectivity index (χ2v) is 6.68. The smallest absolute Gasteiger partial charge is 0.290 e. The van der Waals surface area contributed by atoms with Gasteiger partial charge in [0, 0.05) is 25.0 Å². The standard InChI is InChI=1S/C22H23N5O2/c1-3-11-26(12-4-2)22(29)20-25-19(18-10-5-6-13-27(18)20)21(28)24-17-9-7-8-16(14-17)15-23/h5-10,13-14H,3-4,11-12H2,1-2H3,(H,24,28). The van der Waals surface area contributed by atoms with Crippen molar-refractivity contribution in [1.82, 2.24) is 14.3 Å². The lowest BCUT2D eigenvalue weighted by atomic mass is 10.2. The van der Waals surface area contributed by atoms with Crippen LogP contribution in [-0.2, 0) is 0 Å². The van der Waals surface area contributed by atoms with E-state index in [4.69, 9.17) is 5.26 Å². The normalized spacial score (nSPS) is 10.5. The molecule has 0 saturated carbocycles. The molecule has 7 nitrogen and oxygen atoms in total. The summed E-state index contributed by atoms with van der Waals surface area (Å²) in [4.78, 5) is 32.2. The number of carbonyl (C=O) groups excluding carboxylic acids is 2. The topological polar surface area (TPSA) is 90.5 Å². The highest BCUT2D eigenvalue weighted by Crippen LogP contribution is 2.18. The van der Waals surface area contributed by atoms with Gasteiger partial charge >= 0.3 is 0 Å². The van der Waals surface area contributed by atoms with Crippen molar-refractivity contribution in [2.45, 2.75) is 26.7 Å². The van der Waals surface area contributed by atoms with Crippen LogP contribution in [0.25, 0.3) is 5.52 Å². The third kappa shape index (κ3) is 4.27. The molecular weight excluding hydrogens is 366 g/mol. The van der Waals surface area contributed by atoms with E-state index in [1.807, 2.05) is 19.9 Å². The lowest BCUT2D eigenvalue weighted by molar-refractivity contribution is 0.0742. The molecule has 0 unspecified atom stereocenters. The molecule has 0 fully saturated rings. The summed E-state index contributed by atoms with van der Waals surface area (Å²) in [5.41, 5.74) is 1.67. The highest BCUT2D eigenvalue weighted by atomic mass is 16.2. The van der Waals surface area contributed by atoms with Crippen molar-refractivity contribution in [3.05, 3.63) is 65.7 Å². The zero-order chi connectivity index (χ0) is 20.8. The summed E-state index contributed by atoms with van der Waals surface area (Å²) in [5.74, 6) is -0.403. The molecule has 1 aromatic carbocycles. The van der Waals surface area contributed by atoms with Gasteiger partial charge in [-0.05, 0) is 43.2 Å². The van der Waals surface area contributed by atoms with E-state index in [1.165, 1.54) is 0 Å². The van der Waals surface area contributed by atoms with Crippen LogP contribution in [0.4, 0.5) is 5.69 Å². The highest BCUT2D eigenvalue weighted by Gasteiger charge is 2.24. The van der Waals surface area contributed by atoms with E-state index < -0.39 is 5.91 Å². The average Bonchev–Trinajstić information content (AvgIpc) is 3.13. The first-order chi connectivity index (χ1) is 14.1. The zero-order valence-electron chi connectivity index (χ0n) is 16.6. The second kappa shape index (κ2) is 9.02. The van der Waals surface area contributed by atoms with E-state index in [0.29, 0.717) is 29.9 Å². The average molecular weight is 389 g/mol. The number of nitrogens with zero attached hydrogens (tertiary/aromatic N) is 4. The first-order valence-electron chi connectivity index (χ1n) is 9.66. The van der Waals surface area contributed by atoms with E-state index in [1.54, 1.807) is 58.0 Å². The lowest BCUT2D eigenvalue weighted by Crippen LogP contribution is -2.33. The van der Waals surface area contributed by atoms with Crippen LogP contribution in [0, 0.1) is 11.3 Å². The van der Waals surface area contributed by atoms with Gasteiger partial charge in [0.05, 0.1) is 17.1 Å². The van der Waals surface area contributed by atoms with Crippen LogP contribution in [0.15, 0.2) is 48.7 Å². The Labute approximate surface area is 169 Å². The van der Waals surface area contributed by atoms with Gasteiger partial charge in [-0.3, -0.25) is 14.0 Å². The summed E-state index contributed by atoms with van der Waals surface area (Å²) >= 11 is 0. The molecule has 3 rings (SSSR count). The number of hydrogen-bond donors (Lipinski definition) is 1. The molecule has 148 valence electrons. The van der Waals surface area contributed by atoms with Gasteiger partial charge in [-0.1, -0.05) is 26.0 Å². The fraction of sp³-hybridized carbons (Fsp3) is 0.273. The van der Waals surface area contributed by atoms with Crippen molar-refractivity contribution < 1.29 is 9.59 Å². The number of pyridine rings is 1. The first-order valence-corrected chi connectivity index (χ1v) is 9.66. The molecule has 2 aromatic heterocycles. The molecule has 1 N–H and O–H groups in total. The first kappa shape index (κ1) is 20.1. The van der Waals surface area contributed by atoms with Crippen molar-refractivity contribution in [3.63, 3.8) is 0 Å². The number of fused-ring (bicyclic) bond motifs is 1. The molecule has 2 heterocycles. The van der Waals surface area contributed by atoms with Crippen LogP contribution >= 0.6 is 0 Å². The van der Waals surface area contributed by atoms with Crippen LogP contribution in [0.3, 0.4) is 0 Å². The molecule has 7 heteroatoms. The summed E-state index contributed by atoms with van der Waals surface area (Å²) in [6.07, 6.45) is 3.42. The van der Waals surface area contributed by atoms with Crippen LogP contribution in [-0.4, -0.2) is 39.2 Å². The molecule has 29 heavy (non-hydrogen) atoms. The maximum absolute atomic E-state index is 13.1. The molecule has 0 aliphatic rings. The molecule has 0 aliphatic heterocycles. The Morgan fingerprint density at radius 3 is 2.59 bits per heavy atom. The molecule has 0 aliphatic carbocycles. The third-order valence-electron chi connectivity index (χ3n) is 4.48. The summed E-state index contributed by atoms with van der Waals surface area (Å²) < 4.78 is 1.65. The molecule has 3 aromatic rings. The van der Waals surface area contributed by atoms with Gasteiger partial charge in [0.2, 0.25) is 5.82 Å². The monoisotopic (exact) mass is 389 g/mol. The maximum atomic E-state index is 13.1. The molecule has 0 atom stereocenters. The maximum Gasteiger partial charge on any atom is 0.290 e. The minimum atomic E-state index is -0.430. The SMILES string of the molecule is CCCN(CCC)C(=O)c1nc(C(=O)Nc2cccc(C#N)c2)c2ccccn12. The molecule has 2 amide bonds. The van der Waals surface area contributed by atoms with E-state index >= 15 is 0 Å². The number of imidazole rings is 1. The molecule has 0 saturated heterocycles. The van der Waals surface area contributed by atoms with Crippen LogP contribution in [0.5, 0.6) is 0 Å². The minimum absolute atomic E-state index is 0.171. The van der Waals surface area contributed by atoms with E-state index in [9.17, 15) is 9.59 Å². The number of rotatable bonds is 7. The number of benzene rings is 1. The van der Waals surface area contributed by atoms with Crippen molar-refractivity contribution in [3.8, 4) is 6.07 Å². The van der Waals surface area contributed by atoms with E-state index in [0.717, 1.165) is 12.8 Å². The Hall–Kier alpha value is -3.66. The van der Waals surface area contributed by atoms with Gasteiger partial charge < -0.3 is 10.2 Å². The summed E-state index contributed by atoms with van der Waals surface area (Å²) in [5, 5.41) is 11.8. The Balaban J connectivity index is 1.98. The van der Waals surface area contributed by atoms with Gasteiger partial charge in [-0.2, -0.15) is 5.26 Å². The van der Waals surface area contributed by atoms with Crippen molar-refractivity contribution >= 4 is 23.0 Å². The van der Waals surface area contributed by atoms with Gasteiger partial charge in [0.1, 0.15) is 0 Å². The predicted octanol–water partition coefficient (Wildman–Crippen LogP) is 3.72. The summed E-state index contributed by atoms with van der Waals surface area (Å²) in [6, 6.07) is 14.1. The van der Waals surface area contributed by atoms with Crippen LogP contribution < -0.4 is 5.32 Å². The number of carbonyl (C=O) groups is 2. The van der Waals surface area contributed by atoms with Crippen molar-refractivity contribution in [2.24, 2.45) is 0 Å². The van der Waals surface area contributed by atoms with E-state index in [2.05, 4.69) is 10.3 Å². The van der Waals surface area contributed by atoms with Gasteiger partial charge in [0.25, 0.3) is 11.8 Å². The zero-order valence-corrected chi connectivity index (χ0v) is 16.6. The largest absolute Gasteiger partial charge is 0.336 e.